The van der Waals surface area contributed by atoms with Gasteiger partial charge in [-0.1, -0.05) is 56.8 Å². The van der Waals surface area contributed by atoms with E-state index in [2.05, 4.69) is 4.98 Å². The second kappa shape index (κ2) is 9.81. The van der Waals surface area contributed by atoms with Crippen LogP contribution in [0.5, 0.6) is 0 Å². The highest BCUT2D eigenvalue weighted by atomic mass is 35.5. The molecule has 184 valence electrons. The summed E-state index contributed by atoms with van der Waals surface area (Å²) in [5, 5.41) is 0.240. The van der Waals surface area contributed by atoms with Crippen LogP contribution in [0.1, 0.15) is 41.9 Å². The molecule has 1 heterocycles. The Morgan fingerprint density at radius 1 is 0.829 bits per heavy atom. The zero-order valence-electron chi connectivity index (χ0n) is 19.3. The molecule has 0 amide bonds. The van der Waals surface area contributed by atoms with Crippen molar-refractivity contribution in [2.24, 2.45) is 0 Å². The predicted molar refractivity (Wildman–Crippen MR) is 133 cm³/mol. The van der Waals surface area contributed by atoms with Crippen molar-refractivity contribution in [2.45, 2.75) is 54.9 Å². The number of hydrogen-bond donors (Lipinski definition) is 0. The van der Waals surface area contributed by atoms with Crippen LogP contribution in [0.4, 0.5) is 0 Å². The fourth-order valence-electron chi connectivity index (χ4n) is 4.31. The Bertz CT molecular complexity index is 1360. The van der Waals surface area contributed by atoms with Gasteiger partial charge in [0, 0.05) is 31.0 Å². The Hall–Kier alpha value is -2.59. The minimum Gasteiger partial charge on any atom is -0.300 e. The number of rotatable bonds is 6. The number of sulfonamides is 2. The lowest BCUT2D eigenvalue weighted by Crippen LogP contribution is -2.49. The second-order valence-corrected chi connectivity index (χ2v) is 13.0. The van der Waals surface area contributed by atoms with Crippen LogP contribution in [-0.4, -0.2) is 37.4 Å². The summed E-state index contributed by atoms with van der Waals surface area (Å²) in [7, 11) is -9.02. The summed E-state index contributed by atoms with van der Waals surface area (Å²) in [5.41, 5.74) is 2.23. The molecule has 0 spiro atoms. The van der Waals surface area contributed by atoms with Gasteiger partial charge in [-0.3, -0.25) is 4.79 Å². The van der Waals surface area contributed by atoms with Crippen LogP contribution in [0.2, 0.25) is 5.15 Å². The highest BCUT2D eigenvalue weighted by molar-refractivity contribution is 8.04. The maximum Gasteiger partial charge on any atom is 0.256 e. The first-order valence-corrected chi connectivity index (χ1v) is 14.3. The number of ketones is 1. The molecule has 4 rings (SSSR count). The normalized spacial score (nSPS) is 19.1. The molecule has 0 saturated heterocycles. The summed E-state index contributed by atoms with van der Waals surface area (Å²) in [6.07, 6.45) is 1.60. The lowest BCUT2D eigenvalue weighted by Gasteiger charge is -2.38. The zero-order chi connectivity index (χ0) is 25.4. The van der Waals surface area contributed by atoms with Gasteiger partial charge in [0.1, 0.15) is 10.9 Å². The predicted octanol–water partition coefficient (Wildman–Crippen LogP) is 4.64. The lowest BCUT2D eigenvalue weighted by molar-refractivity contribution is -0.121. The number of carbonyl (C=O) groups is 1. The molecule has 1 aromatic heterocycles. The van der Waals surface area contributed by atoms with Crippen LogP contribution in [0.3, 0.4) is 0 Å². The molecule has 1 saturated carbocycles. The molecule has 0 aliphatic heterocycles. The number of halogens is 1. The van der Waals surface area contributed by atoms with Crippen LogP contribution in [0.15, 0.2) is 76.7 Å². The number of hydrogen-bond acceptors (Lipinski definition) is 6. The number of benzene rings is 2. The van der Waals surface area contributed by atoms with E-state index >= 15 is 0 Å². The van der Waals surface area contributed by atoms with E-state index in [1.54, 1.807) is 36.4 Å². The van der Waals surface area contributed by atoms with Gasteiger partial charge in [0.05, 0.1) is 9.79 Å². The summed E-state index contributed by atoms with van der Waals surface area (Å²) >= 11 is 5.93. The number of aryl methyl sites for hydroxylation is 2. The van der Waals surface area contributed by atoms with Gasteiger partial charge in [0.15, 0.2) is 0 Å². The van der Waals surface area contributed by atoms with Gasteiger partial charge in [0.2, 0.25) is 0 Å². The number of pyridine rings is 1. The molecule has 3 aromatic rings. The van der Waals surface area contributed by atoms with Crippen molar-refractivity contribution in [1.29, 1.82) is 0 Å². The van der Waals surface area contributed by atoms with Gasteiger partial charge in [-0.2, -0.15) is 0 Å². The monoisotopic (exact) mass is 532 g/mol. The molecule has 0 N–H and O–H groups in total. The van der Waals surface area contributed by atoms with Crippen molar-refractivity contribution in [3.05, 3.63) is 88.7 Å². The van der Waals surface area contributed by atoms with Crippen molar-refractivity contribution in [2.75, 3.05) is 0 Å². The number of Topliss-reactive ketones (excluding diaryl/α,β-unsaturated/α-hetero) is 1. The van der Waals surface area contributed by atoms with E-state index < -0.39 is 32.0 Å². The van der Waals surface area contributed by atoms with E-state index in [9.17, 15) is 21.6 Å². The van der Waals surface area contributed by atoms with E-state index in [1.165, 1.54) is 30.5 Å². The van der Waals surface area contributed by atoms with Crippen molar-refractivity contribution in [1.82, 2.24) is 8.69 Å². The highest BCUT2D eigenvalue weighted by Gasteiger charge is 2.47. The summed E-state index contributed by atoms with van der Waals surface area (Å²) in [6, 6.07) is 14.2. The largest absolute Gasteiger partial charge is 0.300 e. The lowest BCUT2D eigenvalue weighted by atomic mass is 9.80. The first kappa shape index (κ1) is 25.5. The van der Waals surface area contributed by atoms with Crippen molar-refractivity contribution < 1.29 is 21.6 Å². The maximum atomic E-state index is 14.0. The fourth-order valence-corrected chi connectivity index (χ4v) is 8.56. The third-order valence-electron chi connectivity index (χ3n) is 6.19. The molecular weight excluding hydrogens is 508 g/mol. The van der Waals surface area contributed by atoms with Gasteiger partial charge >= 0.3 is 0 Å². The van der Waals surface area contributed by atoms with E-state index in [0.717, 1.165) is 11.1 Å². The van der Waals surface area contributed by atoms with Crippen LogP contribution >= 0.6 is 11.6 Å². The van der Waals surface area contributed by atoms with Gasteiger partial charge < -0.3 is 0 Å². The number of nitrogens with zero attached hydrogens (tertiary/aromatic N) is 2. The standard InChI is InChI=1S/C25H25ClN2O5S2/c1-17-3-9-21(10-4-17)34(30,31)28(35(32,33)22-11-5-18(2)6-12-22)24-13-8-20(29)15-23(24)19-7-14-25(26)27-16-19/h3-7,9-12,14,16,23-24H,8,13,15H2,1-2H3. The minimum atomic E-state index is -4.51. The quantitative estimate of drug-likeness (QED) is 0.429. The molecular formula is C25H25ClN2O5S2. The van der Waals surface area contributed by atoms with Gasteiger partial charge in [-0.05, 0) is 56.2 Å². The molecule has 1 fully saturated rings. The SMILES string of the molecule is Cc1ccc(S(=O)(=O)N(C2CCC(=O)CC2c2ccc(Cl)nc2)S(=O)(=O)c2ccc(C)cc2)cc1. The Labute approximate surface area is 210 Å². The van der Waals surface area contributed by atoms with E-state index in [1.807, 2.05) is 13.8 Å². The third-order valence-corrected chi connectivity index (χ3v) is 10.8. The first-order valence-electron chi connectivity index (χ1n) is 11.1. The van der Waals surface area contributed by atoms with E-state index in [4.69, 9.17) is 11.6 Å². The van der Waals surface area contributed by atoms with Gasteiger partial charge in [-0.15, -0.1) is 0 Å². The first-order chi connectivity index (χ1) is 16.5. The maximum absolute atomic E-state index is 14.0. The molecule has 0 radical (unpaired) electrons. The van der Waals surface area contributed by atoms with Crippen molar-refractivity contribution in [3.63, 3.8) is 0 Å². The second-order valence-electron chi connectivity index (χ2n) is 8.73. The number of carbonyl (C=O) groups excluding carboxylic acids is 1. The van der Waals surface area contributed by atoms with Crippen LogP contribution in [0, 0.1) is 13.8 Å². The third kappa shape index (κ3) is 5.18. The Balaban J connectivity index is 1.92. The number of aromatic nitrogens is 1. The van der Waals surface area contributed by atoms with E-state index in [0.29, 0.717) is 9.27 Å². The molecule has 0 bridgehead atoms. The topological polar surface area (TPSA) is 101 Å². The summed E-state index contributed by atoms with van der Waals surface area (Å²) in [4.78, 5) is 16.2. The molecule has 1 aliphatic rings. The highest BCUT2D eigenvalue weighted by Crippen LogP contribution is 2.40. The summed E-state index contributed by atoms with van der Waals surface area (Å²) < 4.78 is 56.5. The average Bonchev–Trinajstić information content (AvgIpc) is 2.81. The zero-order valence-corrected chi connectivity index (χ0v) is 21.6. The smallest absolute Gasteiger partial charge is 0.256 e. The summed E-state index contributed by atoms with van der Waals surface area (Å²) in [5.74, 6) is -0.775. The fraction of sp³-hybridized carbons (Fsp3) is 0.280. The minimum absolute atomic E-state index is 0.00266. The Morgan fingerprint density at radius 3 is 1.80 bits per heavy atom. The van der Waals surface area contributed by atoms with Crippen LogP contribution in [0.25, 0.3) is 0 Å². The molecule has 2 aromatic carbocycles. The molecule has 2 unspecified atom stereocenters. The Morgan fingerprint density at radius 2 is 1.34 bits per heavy atom. The van der Waals surface area contributed by atoms with Crippen LogP contribution in [-0.2, 0) is 24.8 Å². The van der Waals surface area contributed by atoms with Gasteiger partial charge in [0.25, 0.3) is 20.0 Å². The summed E-state index contributed by atoms with van der Waals surface area (Å²) in [6.45, 7) is 3.63. The van der Waals surface area contributed by atoms with Crippen LogP contribution < -0.4 is 0 Å². The van der Waals surface area contributed by atoms with Crippen molar-refractivity contribution in [3.8, 4) is 0 Å². The van der Waals surface area contributed by atoms with Gasteiger partial charge in [-0.25, -0.2) is 21.8 Å². The molecule has 2 atom stereocenters. The van der Waals surface area contributed by atoms with E-state index in [-0.39, 0.29) is 40.0 Å². The molecule has 10 heteroatoms. The van der Waals surface area contributed by atoms with Crippen molar-refractivity contribution >= 4 is 37.4 Å². The molecule has 1 aliphatic carbocycles. The molecule has 7 nitrogen and oxygen atoms in total. The molecule has 35 heavy (non-hydrogen) atoms. The average molecular weight is 533 g/mol. The Kier molecular flexibility index (Phi) is 7.15.